The van der Waals surface area contributed by atoms with Crippen molar-refractivity contribution >= 4 is 17.7 Å². The van der Waals surface area contributed by atoms with Crippen molar-refractivity contribution < 1.29 is 22.7 Å². The van der Waals surface area contributed by atoms with Gasteiger partial charge in [0.25, 0.3) is 0 Å². The SMILES string of the molecule is O=C1O/C(=C/Sc2ccncc2)C=C1CC(F)(F)F. The predicted molar refractivity (Wildman–Crippen MR) is 63.0 cm³/mol. The number of esters is 1. The molecule has 1 aromatic rings. The number of cyclic esters (lactones) is 1. The number of halogens is 3. The van der Waals surface area contributed by atoms with E-state index in [0.717, 1.165) is 11.0 Å². The van der Waals surface area contributed by atoms with Crippen molar-refractivity contribution in [2.24, 2.45) is 0 Å². The van der Waals surface area contributed by atoms with E-state index in [4.69, 9.17) is 4.74 Å². The number of nitrogens with zero attached hydrogens (tertiary/aromatic N) is 1. The molecule has 1 aliphatic rings. The Hall–Kier alpha value is -1.76. The topological polar surface area (TPSA) is 39.2 Å². The number of ether oxygens (including phenoxy) is 1. The molecule has 19 heavy (non-hydrogen) atoms. The van der Waals surface area contributed by atoms with Crippen LogP contribution in [0.25, 0.3) is 0 Å². The molecule has 2 heterocycles. The first kappa shape index (κ1) is 13.7. The van der Waals surface area contributed by atoms with Crippen LogP contribution in [0.5, 0.6) is 0 Å². The summed E-state index contributed by atoms with van der Waals surface area (Å²) >= 11 is 1.23. The van der Waals surface area contributed by atoms with E-state index < -0.39 is 18.6 Å². The lowest BCUT2D eigenvalue weighted by Gasteiger charge is -2.03. The van der Waals surface area contributed by atoms with Crippen LogP contribution in [-0.2, 0) is 9.53 Å². The molecule has 100 valence electrons. The monoisotopic (exact) mass is 287 g/mol. The van der Waals surface area contributed by atoms with Gasteiger partial charge in [0, 0.05) is 22.7 Å². The quantitative estimate of drug-likeness (QED) is 0.630. The Bertz CT molecular complexity index is 538. The maximum atomic E-state index is 12.2. The Morgan fingerprint density at radius 1 is 1.32 bits per heavy atom. The third kappa shape index (κ3) is 4.13. The minimum absolute atomic E-state index is 0.117. The molecular formula is C12H8F3NO2S. The average Bonchev–Trinajstić information content (AvgIpc) is 2.67. The van der Waals surface area contributed by atoms with Gasteiger partial charge in [0.05, 0.1) is 12.0 Å². The van der Waals surface area contributed by atoms with Gasteiger partial charge in [-0.15, -0.1) is 0 Å². The molecular weight excluding hydrogens is 279 g/mol. The minimum atomic E-state index is -4.42. The Labute approximate surface area is 111 Å². The van der Waals surface area contributed by atoms with E-state index in [0.29, 0.717) is 0 Å². The second-order valence-corrected chi connectivity index (χ2v) is 4.61. The predicted octanol–water partition coefficient (Wildman–Crippen LogP) is 3.45. The lowest BCUT2D eigenvalue weighted by molar-refractivity contribution is -0.142. The minimum Gasteiger partial charge on any atom is -0.423 e. The third-order valence-corrected chi connectivity index (χ3v) is 3.04. The van der Waals surface area contributed by atoms with Gasteiger partial charge in [0.2, 0.25) is 0 Å². The Morgan fingerprint density at radius 3 is 2.63 bits per heavy atom. The number of carbonyl (C=O) groups excluding carboxylic acids is 1. The number of alkyl halides is 3. The van der Waals surface area contributed by atoms with E-state index in [1.165, 1.54) is 17.2 Å². The van der Waals surface area contributed by atoms with Crippen LogP contribution in [0.3, 0.4) is 0 Å². The van der Waals surface area contributed by atoms with Crippen LogP contribution >= 0.6 is 11.8 Å². The number of pyridine rings is 1. The van der Waals surface area contributed by atoms with Crippen molar-refractivity contribution in [1.29, 1.82) is 0 Å². The second kappa shape index (κ2) is 5.48. The lowest BCUT2D eigenvalue weighted by atomic mass is 10.2. The van der Waals surface area contributed by atoms with Gasteiger partial charge in [-0.25, -0.2) is 4.79 Å². The maximum absolute atomic E-state index is 12.2. The van der Waals surface area contributed by atoms with Crippen LogP contribution in [0, 0.1) is 0 Å². The van der Waals surface area contributed by atoms with Crippen molar-refractivity contribution in [3.05, 3.63) is 47.3 Å². The van der Waals surface area contributed by atoms with Gasteiger partial charge in [0.15, 0.2) is 0 Å². The molecule has 0 N–H and O–H groups in total. The number of carbonyl (C=O) groups is 1. The van der Waals surface area contributed by atoms with Crippen LogP contribution in [0.2, 0.25) is 0 Å². The summed E-state index contributed by atoms with van der Waals surface area (Å²) in [7, 11) is 0. The third-order valence-electron chi connectivity index (χ3n) is 2.14. The van der Waals surface area contributed by atoms with Gasteiger partial charge < -0.3 is 4.74 Å². The average molecular weight is 287 g/mol. The first-order valence-corrected chi connectivity index (χ1v) is 6.08. The van der Waals surface area contributed by atoms with Crippen LogP contribution < -0.4 is 0 Å². The molecule has 0 spiro atoms. The zero-order chi connectivity index (χ0) is 13.9. The van der Waals surface area contributed by atoms with Gasteiger partial charge in [0.1, 0.15) is 5.76 Å². The van der Waals surface area contributed by atoms with Gasteiger partial charge >= 0.3 is 12.1 Å². The first-order valence-electron chi connectivity index (χ1n) is 5.20. The summed E-state index contributed by atoms with van der Waals surface area (Å²) in [5.41, 5.74) is -0.380. The summed E-state index contributed by atoms with van der Waals surface area (Å²) < 4.78 is 41.3. The number of aromatic nitrogens is 1. The van der Waals surface area contributed by atoms with E-state index >= 15 is 0 Å². The number of hydrogen-bond acceptors (Lipinski definition) is 4. The fourth-order valence-electron chi connectivity index (χ4n) is 1.37. The maximum Gasteiger partial charge on any atom is 0.393 e. The van der Waals surface area contributed by atoms with Crippen molar-refractivity contribution in [3.8, 4) is 0 Å². The molecule has 0 atom stereocenters. The van der Waals surface area contributed by atoms with Crippen molar-refractivity contribution in [2.75, 3.05) is 0 Å². The Kier molecular flexibility index (Phi) is 3.94. The van der Waals surface area contributed by atoms with Gasteiger partial charge in [-0.3, -0.25) is 4.98 Å². The molecule has 1 aromatic heterocycles. The molecule has 0 saturated carbocycles. The number of thioether (sulfide) groups is 1. The molecule has 0 fully saturated rings. The smallest absolute Gasteiger partial charge is 0.393 e. The van der Waals surface area contributed by atoms with Crippen molar-refractivity contribution in [1.82, 2.24) is 4.98 Å². The van der Waals surface area contributed by atoms with E-state index in [-0.39, 0.29) is 11.3 Å². The van der Waals surface area contributed by atoms with E-state index in [9.17, 15) is 18.0 Å². The highest BCUT2D eigenvalue weighted by Gasteiger charge is 2.34. The molecule has 0 unspecified atom stereocenters. The normalized spacial score (nSPS) is 17.5. The fourth-order valence-corrected chi connectivity index (χ4v) is 2.02. The molecule has 0 radical (unpaired) electrons. The Morgan fingerprint density at radius 2 is 2.00 bits per heavy atom. The van der Waals surface area contributed by atoms with E-state index in [1.807, 2.05) is 0 Å². The number of hydrogen-bond donors (Lipinski definition) is 0. The van der Waals surface area contributed by atoms with Crippen LogP contribution in [0.1, 0.15) is 6.42 Å². The second-order valence-electron chi connectivity index (χ2n) is 3.67. The zero-order valence-corrected chi connectivity index (χ0v) is 10.3. The van der Waals surface area contributed by atoms with Gasteiger partial charge in [-0.05, 0) is 18.2 Å². The standard InChI is InChI=1S/C12H8F3NO2S/c13-12(14,15)6-8-5-9(18-11(8)17)7-19-10-1-3-16-4-2-10/h1-5,7H,6H2/b9-7+. The summed E-state index contributed by atoms with van der Waals surface area (Å²) in [5, 5.41) is 1.48. The first-order chi connectivity index (χ1) is 8.94. The van der Waals surface area contributed by atoms with Crippen LogP contribution in [-0.4, -0.2) is 17.1 Å². The fraction of sp³-hybridized carbons (Fsp3) is 0.167. The molecule has 0 aromatic carbocycles. The number of rotatable bonds is 3. The zero-order valence-electron chi connectivity index (χ0n) is 9.48. The van der Waals surface area contributed by atoms with E-state index in [2.05, 4.69) is 4.98 Å². The number of allylic oxidation sites excluding steroid dienone is 1. The molecule has 0 saturated heterocycles. The molecule has 7 heteroatoms. The summed E-state index contributed by atoms with van der Waals surface area (Å²) in [6.07, 6.45) is -1.40. The highest BCUT2D eigenvalue weighted by atomic mass is 32.2. The molecule has 0 amide bonds. The van der Waals surface area contributed by atoms with Crippen molar-refractivity contribution in [3.63, 3.8) is 0 Å². The van der Waals surface area contributed by atoms with Gasteiger partial charge in [-0.1, -0.05) is 11.8 Å². The summed E-state index contributed by atoms with van der Waals surface area (Å²) in [4.78, 5) is 15.9. The van der Waals surface area contributed by atoms with E-state index in [1.54, 1.807) is 24.5 Å². The molecule has 2 rings (SSSR count). The summed E-state index contributed by atoms with van der Waals surface area (Å²) in [5.74, 6) is -0.829. The van der Waals surface area contributed by atoms with Crippen molar-refractivity contribution in [2.45, 2.75) is 17.5 Å². The molecule has 0 bridgehead atoms. The van der Waals surface area contributed by atoms with Gasteiger partial charge in [-0.2, -0.15) is 13.2 Å². The van der Waals surface area contributed by atoms with Crippen LogP contribution in [0.15, 0.2) is 52.2 Å². The Balaban J connectivity index is 2.05. The molecule has 1 aliphatic heterocycles. The molecule has 3 nitrogen and oxygen atoms in total. The summed E-state index contributed by atoms with van der Waals surface area (Å²) in [6, 6.07) is 3.47. The molecule has 0 aliphatic carbocycles. The highest BCUT2D eigenvalue weighted by molar-refractivity contribution is 8.02. The summed E-state index contributed by atoms with van der Waals surface area (Å²) in [6.45, 7) is 0. The largest absolute Gasteiger partial charge is 0.423 e. The lowest BCUT2D eigenvalue weighted by Crippen LogP contribution is -2.12. The van der Waals surface area contributed by atoms with Crippen LogP contribution in [0.4, 0.5) is 13.2 Å². The highest BCUT2D eigenvalue weighted by Crippen LogP contribution is 2.31.